The molecule has 0 aromatic carbocycles. The standard InChI is InChI=1S/C21H25N5O4/c1-12-10-23-17(11-22-12)19(27)24-13-8-14-4-5-15(9-13)26(14)21(28)16-6-7-18(29-2)25-20(16)30-3/h6-7,10-11,13-15H,4-5,8-9H2,1-3H3,(H,24,27). The smallest absolute Gasteiger partial charge is 0.271 e. The molecule has 9 nitrogen and oxygen atoms in total. The van der Waals surface area contributed by atoms with Crippen molar-refractivity contribution in [1.82, 2.24) is 25.2 Å². The minimum absolute atomic E-state index is 0.00181. The van der Waals surface area contributed by atoms with E-state index in [-0.39, 0.29) is 35.8 Å². The van der Waals surface area contributed by atoms with Gasteiger partial charge in [-0.25, -0.2) is 4.98 Å². The molecule has 2 atom stereocenters. The number of hydrogen-bond donors (Lipinski definition) is 1. The molecule has 0 radical (unpaired) electrons. The number of nitrogens with one attached hydrogen (secondary N) is 1. The predicted molar refractivity (Wildman–Crippen MR) is 108 cm³/mol. The monoisotopic (exact) mass is 411 g/mol. The zero-order valence-corrected chi connectivity index (χ0v) is 17.3. The average Bonchev–Trinajstić information content (AvgIpc) is 3.03. The predicted octanol–water partition coefficient (Wildman–Crippen LogP) is 1.76. The Labute approximate surface area is 174 Å². The number of carbonyl (C=O) groups excluding carboxylic acids is 2. The van der Waals surface area contributed by atoms with Gasteiger partial charge in [-0.2, -0.15) is 4.98 Å². The van der Waals surface area contributed by atoms with Gasteiger partial charge in [0.2, 0.25) is 11.8 Å². The van der Waals surface area contributed by atoms with Gasteiger partial charge >= 0.3 is 0 Å². The lowest BCUT2D eigenvalue weighted by molar-refractivity contribution is 0.0545. The van der Waals surface area contributed by atoms with Gasteiger partial charge in [0.05, 0.1) is 26.1 Å². The van der Waals surface area contributed by atoms with Crippen LogP contribution in [0.15, 0.2) is 24.5 Å². The lowest BCUT2D eigenvalue weighted by Gasteiger charge is -2.39. The average molecular weight is 411 g/mol. The summed E-state index contributed by atoms with van der Waals surface area (Å²) in [7, 11) is 3.01. The molecule has 30 heavy (non-hydrogen) atoms. The van der Waals surface area contributed by atoms with Gasteiger partial charge in [-0.1, -0.05) is 0 Å². The molecule has 0 aliphatic carbocycles. The van der Waals surface area contributed by atoms with E-state index in [0.29, 0.717) is 30.0 Å². The number of aryl methyl sites for hydroxylation is 1. The summed E-state index contributed by atoms with van der Waals surface area (Å²) in [6.45, 7) is 1.83. The molecular formula is C21H25N5O4. The van der Waals surface area contributed by atoms with Gasteiger partial charge in [0.1, 0.15) is 11.3 Å². The summed E-state index contributed by atoms with van der Waals surface area (Å²) in [6.07, 6.45) is 6.31. The van der Waals surface area contributed by atoms with E-state index in [4.69, 9.17) is 9.47 Å². The van der Waals surface area contributed by atoms with E-state index in [1.807, 2.05) is 11.8 Å². The third-order valence-corrected chi connectivity index (χ3v) is 5.78. The van der Waals surface area contributed by atoms with E-state index in [2.05, 4.69) is 20.3 Å². The minimum Gasteiger partial charge on any atom is -0.481 e. The largest absolute Gasteiger partial charge is 0.481 e. The maximum absolute atomic E-state index is 13.3. The van der Waals surface area contributed by atoms with Crippen LogP contribution in [0, 0.1) is 6.92 Å². The first-order valence-electron chi connectivity index (χ1n) is 10.0. The highest BCUT2D eigenvalue weighted by atomic mass is 16.5. The van der Waals surface area contributed by atoms with Crippen LogP contribution < -0.4 is 14.8 Å². The lowest BCUT2D eigenvalue weighted by atomic mass is 9.96. The Kier molecular flexibility index (Phi) is 5.52. The SMILES string of the molecule is COc1ccc(C(=O)N2C3CCC2CC(NC(=O)c2cnc(C)cn2)C3)c(OC)n1. The molecule has 2 aromatic rings. The maximum atomic E-state index is 13.3. The van der Waals surface area contributed by atoms with Crippen molar-refractivity contribution in [3.05, 3.63) is 41.5 Å². The molecular weight excluding hydrogens is 386 g/mol. The Hall–Kier alpha value is -3.23. The van der Waals surface area contributed by atoms with Crippen LogP contribution in [0.5, 0.6) is 11.8 Å². The van der Waals surface area contributed by atoms with Gasteiger partial charge in [0.15, 0.2) is 0 Å². The summed E-state index contributed by atoms with van der Waals surface area (Å²) < 4.78 is 10.4. The number of aromatic nitrogens is 3. The molecule has 4 heterocycles. The molecule has 2 aromatic heterocycles. The lowest BCUT2D eigenvalue weighted by Crippen LogP contribution is -2.52. The van der Waals surface area contributed by atoms with Gasteiger partial charge in [0, 0.05) is 30.4 Å². The van der Waals surface area contributed by atoms with Crippen molar-refractivity contribution < 1.29 is 19.1 Å². The van der Waals surface area contributed by atoms with Crippen LogP contribution in [0.3, 0.4) is 0 Å². The number of piperidine rings is 1. The molecule has 9 heteroatoms. The molecule has 4 rings (SSSR count). The number of fused-ring (bicyclic) bond motifs is 2. The first-order chi connectivity index (χ1) is 14.5. The summed E-state index contributed by atoms with van der Waals surface area (Å²) in [5.74, 6) is 0.329. The van der Waals surface area contributed by atoms with E-state index in [1.54, 1.807) is 18.3 Å². The van der Waals surface area contributed by atoms with Crippen LogP contribution in [0.1, 0.15) is 52.2 Å². The zero-order chi connectivity index (χ0) is 21.3. The van der Waals surface area contributed by atoms with E-state index in [0.717, 1.165) is 18.5 Å². The molecule has 1 N–H and O–H groups in total. The van der Waals surface area contributed by atoms with Crippen molar-refractivity contribution in [1.29, 1.82) is 0 Å². The van der Waals surface area contributed by atoms with Crippen LogP contribution in [0.2, 0.25) is 0 Å². The van der Waals surface area contributed by atoms with Crippen LogP contribution >= 0.6 is 0 Å². The normalized spacial score (nSPS) is 22.5. The third kappa shape index (κ3) is 3.79. The first-order valence-corrected chi connectivity index (χ1v) is 10.0. The second-order valence-corrected chi connectivity index (χ2v) is 7.69. The van der Waals surface area contributed by atoms with Crippen molar-refractivity contribution in [3.8, 4) is 11.8 Å². The number of nitrogens with zero attached hydrogens (tertiary/aromatic N) is 4. The number of methoxy groups -OCH3 is 2. The van der Waals surface area contributed by atoms with Gasteiger partial charge in [-0.15, -0.1) is 0 Å². The molecule has 158 valence electrons. The zero-order valence-electron chi connectivity index (χ0n) is 17.3. The second kappa shape index (κ2) is 8.25. The Morgan fingerprint density at radius 2 is 1.80 bits per heavy atom. The molecule has 2 fully saturated rings. The molecule has 2 aliphatic rings. The van der Waals surface area contributed by atoms with Crippen molar-refractivity contribution in [3.63, 3.8) is 0 Å². The fourth-order valence-electron chi connectivity index (χ4n) is 4.39. The number of carbonyl (C=O) groups is 2. The molecule has 0 spiro atoms. The minimum atomic E-state index is -0.229. The van der Waals surface area contributed by atoms with Crippen LogP contribution in [0.25, 0.3) is 0 Å². The number of rotatable bonds is 5. The van der Waals surface area contributed by atoms with E-state index >= 15 is 0 Å². The number of pyridine rings is 1. The number of ether oxygens (including phenoxy) is 2. The molecule has 2 saturated heterocycles. The van der Waals surface area contributed by atoms with E-state index in [1.165, 1.54) is 20.4 Å². The topological polar surface area (TPSA) is 107 Å². The number of hydrogen-bond acceptors (Lipinski definition) is 7. The van der Waals surface area contributed by atoms with E-state index in [9.17, 15) is 9.59 Å². The quantitative estimate of drug-likeness (QED) is 0.799. The fraction of sp³-hybridized carbons (Fsp3) is 0.476. The summed E-state index contributed by atoms with van der Waals surface area (Å²) in [6, 6.07) is 3.48. The molecule has 2 unspecified atom stereocenters. The van der Waals surface area contributed by atoms with Gasteiger partial charge in [0.25, 0.3) is 11.8 Å². The molecule has 0 saturated carbocycles. The summed E-state index contributed by atoms with van der Waals surface area (Å²) >= 11 is 0. The van der Waals surface area contributed by atoms with Crippen LogP contribution in [0.4, 0.5) is 0 Å². The van der Waals surface area contributed by atoms with Crippen molar-refractivity contribution in [2.45, 2.75) is 50.7 Å². The fourth-order valence-corrected chi connectivity index (χ4v) is 4.39. The highest BCUT2D eigenvalue weighted by Crippen LogP contribution is 2.38. The van der Waals surface area contributed by atoms with Crippen molar-refractivity contribution in [2.24, 2.45) is 0 Å². The Morgan fingerprint density at radius 1 is 1.07 bits per heavy atom. The first kappa shape index (κ1) is 20.1. The van der Waals surface area contributed by atoms with Gasteiger partial charge in [-0.3, -0.25) is 14.6 Å². The molecule has 2 bridgehead atoms. The van der Waals surface area contributed by atoms with E-state index < -0.39 is 0 Å². The molecule has 2 aliphatic heterocycles. The Morgan fingerprint density at radius 3 is 2.40 bits per heavy atom. The van der Waals surface area contributed by atoms with Gasteiger partial charge in [-0.05, 0) is 38.7 Å². The Balaban J connectivity index is 1.46. The molecule has 2 amide bonds. The van der Waals surface area contributed by atoms with Crippen LogP contribution in [-0.4, -0.2) is 64.0 Å². The third-order valence-electron chi connectivity index (χ3n) is 5.78. The highest BCUT2D eigenvalue weighted by Gasteiger charge is 2.44. The maximum Gasteiger partial charge on any atom is 0.271 e. The Bertz CT molecular complexity index is 935. The highest BCUT2D eigenvalue weighted by molar-refractivity contribution is 5.97. The second-order valence-electron chi connectivity index (χ2n) is 7.69. The number of amides is 2. The summed E-state index contributed by atoms with van der Waals surface area (Å²) in [5.41, 5.74) is 1.49. The van der Waals surface area contributed by atoms with Crippen molar-refractivity contribution in [2.75, 3.05) is 14.2 Å². The summed E-state index contributed by atoms with van der Waals surface area (Å²) in [5, 5.41) is 3.06. The van der Waals surface area contributed by atoms with Crippen molar-refractivity contribution >= 4 is 11.8 Å². The van der Waals surface area contributed by atoms with Crippen LogP contribution in [-0.2, 0) is 0 Å². The van der Waals surface area contributed by atoms with Gasteiger partial charge < -0.3 is 19.7 Å². The summed E-state index contributed by atoms with van der Waals surface area (Å²) in [4.78, 5) is 40.2.